The van der Waals surface area contributed by atoms with E-state index in [0.717, 1.165) is 73.5 Å². The first kappa shape index (κ1) is 22.2. The second-order valence-corrected chi connectivity index (χ2v) is 9.83. The quantitative estimate of drug-likeness (QED) is 0.566. The molecule has 3 heterocycles. The highest BCUT2D eigenvalue weighted by atomic mass is 16.5. The largest absolute Gasteiger partial charge is 0.497 e. The Hall–Kier alpha value is -3.26. The number of benzene rings is 1. The third-order valence-corrected chi connectivity index (χ3v) is 7.69. The van der Waals surface area contributed by atoms with Gasteiger partial charge in [0.05, 0.1) is 30.3 Å². The maximum Gasteiger partial charge on any atom is 0.254 e. The van der Waals surface area contributed by atoms with Crippen molar-refractivity contribution in [2.45, 2.75) is 57.4 Å². The van der Waals surface area contributed by atoms with Crippen LogP contribution < -0.4 is 10.1 Å². The molecular weight excluding hydrogens is 440 g/mol. The SMILES string of the molecule is CCN1CCCC1CNC(=O)c1cnn(-c2ncc3c(n2)-c2ccc(OC)cc2CC3)c1C1CC1. The van der Waals surface area contributed by atoms with Gasteiger partial charge in [0, 0.05) is 30.3 Å². The van der Waals surface area contributed by atoms with Gasteiger partial charge in [0.1, 0.15) is 5.75 Å². The van der Waals surface area contributed by atoms with Gasteiger partial charge in [0.2, 0.25) is 0 Å². The van der Waals surface area contributed by atoms with Crippen LogP contribution in [0.25, 0.3) is 17.2 Å². The molecule has 1 atom stereocenters. The molecule has 1 aromatic carbocycles. The van der Waals surface area contributed by atoms with Crippen LogP contribution in [0.5, 0.6) is 5.75 Å². The second-order valence-electron chi connectivity index (χ2n) is 9.83. The summed E-state index contributed by atoms with van der Waals surface area (Å²) < 4.78 is 7.20. The van der Waals surface area contributed by atoms with Crippen LogP contribution in [0.1, 0.15) is 65.7 Å². The lowest BCUT2D eigenvalue weighted by Crippen LogP contribution is -2.40. The number of hydrogen-bond donors (Lipinski definition) is 1. The zero-order valence-corrected chi connectivity index (χ0v) is 20.5. The number of nitrogens with one attached hydrogen (secondary N) is 1. The number of hydrogen-bond acceptors (Lipinski definition) is 6. The average Bonchev–Trinajstić information content (AvgIpc) is 3.46. The third kappa shape index (κ3) is 4.10. The third-order valence-electron chi connectivity index (χ3n) is 7.69. The lowest BCUT2D eigenvalue weighted by Gasteiger charge is -2.22. The molecule has 8 heteroatoms. The lowest BCUT2D eigenvalue weighted by atomic mass is 9.90. The number of rotatable bonds is 7. The number of fused-ring (bicyclic) bond motifs is 3. The lowest BCUT2D eigenvalue weighted by molar-refractivity contribution is 0.0940. The molecule has 6 rings (SSSR count). The van der Waals surface area contributed by atoms with Gasteiger partial charge in [-0.3, -0.25) is 9.69 Å². The first-order valence-electron chi connectivity index (χ1n) is 12.8. The zero-order chi connectivity index (χ0) is 23.9. The number of methoxy groups -OCH3 is 1. The number of nitrogens with zero attached hydrogens (tertiary/aromatic N) is 5. The molecule has 35 heavy (non-hydrogen) atoms. The topological polar surface area (TPSA) is 85.2 Å². The smallest absolute Gasteiger partial charge is 0.254 e. The van der Waals surface area contributed by atoms with Crippen LogP contribution in [-0.4, -0.2) is 63.3 Å². The first-order chi connectivity index (χ1) is 17.2. The highest BCUT2D eigenvalue weighted by Crippen LogP contribution is 2.42. The van der Waals surface area contributed by atoms with E-state index < -0.39 is 0 Å². The van der Waals surface area contributed by atoms with Crippen molar-refractivity contribution >= 4 is 5.91 Å². The summed E-state index contributed by atoms with van der Waals surface area (Å²) in [5.74, 6) is 1.67. The number of ether oxygens (including phenoxy) is 1. The summed E-state index contributed by atoms with van der Waals surface area (Å²) in [6, 6.07) is 6.57. The fraction of sp³-hybridized carbons (Fsp3) is 0.481. The van der Waals surface area contributed by atoms with Gasteiger partial charge in [0.15, 0.2) is 0 Å². The van der Waals surface area contributed by atoms with Crippen molar-refractivity contribution < 1.29 is 9.53 Å². The number of likely N-dealkylation sites (tertiary alicyclic amines) is 1. The average molecular weight is 473 g/mol. The minimum absolute atomic E-state index is 0.0449. The van der Waals surface area contributed by atoms with Crippen LogP contribution >= 0.6 is 0 Å². The van der Waals surface area contributed by atoms with Crippen molar-refractivity contribution in [3.05, 3.63) is 53.0 Å². The molecule has 182 valence electrons. The summed E-state index contributed by atoms with van der Waals surface area (Å²) in [5.41, 5.74) is 6.03. The summed E-state index contributed by atoms with van der Waals surface area (Å²) in [5, 5.41) is 7.79. The first-order valence-corrected chi connectivity index (χ1v) is 12.8. The molecule has 2 aliphatic carbocycles. The molecular formula is C27H32N6O2. The minimum atomic E-state index is -0.0449. The Bertz CT molecular complexity index is 1260. The van der Waals surface area contributed by atoms with E-state index in [1.807, 2.05) is 12.3 Å². The maximum absolute atomic E-state index is 13.2. The Kier molecular flexibility index (Phi) is 5.76. The number of likely N-dealkylation sites (N-methyl/N-ethyl adjacent to an activating group) is 1. The summed E-state index contributed by atoms with van der Waals surface area (Å²) in [4.78, 5) is 25.3. The highest BCUT2D eigenvalue weighted by Gasteiger charge is 2.34. The predicted molar refractivity (Wildman–Crippen MR) is 133 cm³/mol. The van der Waals surface area contributed by atoms with Crippen LogP contribution in [-0.2, 0) is 12.8 Å². The van der Waals surface area contributed by atoms with E-state index in [0.29, 0.717) is 30.0 Å². The Morgan fingerprint density at radius 1 is 1.17 bits per heavy atom. The number of aromatic nitrogens is 4. The number of carbonyl (C=O) groups excluding carboxylic acids is 1. The summed E-state index contributed by atoms with van der Waals surface area (Å²) in [6.07, 6.45) is 9.91. The van der Waals surface area contributed by atoms with Gasteiger partial charge in [-0.25, -0.2) is 14.6 Å². The van der Waals surface area contributed by atoms with E-state index in [-0.39, 0.29) is 5.91 Å². The van der Waals surface area contributed by atoms with Crippen molar-refractivity contribution in [3.63, 3.8) is 0 Å². The molecule has 1 saturated carbocycles. The van der Waals surface area contributed by atoms with Gasteiger partial charge in [-0.1, -0.05) is 6.92 Å². The number of carbonyl (C=O) groups is 1. The molecule has 1 unspecified atom stereocenters. The molecule has 1 aliphatic heterocycles. The van der Waals surface area contributed by atoms with Gasteiger partial charge >= 0.3 is 0 Å². The molecule has 0 spiro atoms. The second kappa shape index (κ2) is 9.07. The number of amides is 1. The summed E-state index contributed by atoms with van der Waals surface area (Å²) in [7, 11) is 1.69. The van der Waals surface area contributed by atoms with Gasteiger partial charge < -0.3 is 10.1 Å². The van der Waals surface area contributed by atoms with Gasteiger partial charge in [-0.2, -0.15) is 5.10 Å². The standard InChI is InChI=1S/C27H32N6O2/c1-3-32-12-4-5-20(32)15-28-26(34)23-16-30-33(25(23)17-6-7-17)27-29-14-19-9-8-18-13-21(35-2)10-11-22(18)24(19)31-27/h10-11,13-14,16-17,20H,3-9,12,15H2,1-2H3,(H,28,34). The normalized spacial score (nSPS) is 19.3. The van der Waals surface area contributed by atoms with Crippen LogP contribution in [0.2, 0.25) is 0 Å². The van der Waals surface area contributed by atoms with Crippen LogP contribution in [0.15, 0.2) is 30.6 Å². The molecule has 0 radical (unpaired) electrons. The zero-order valence-electron chi connectivity index (χ0n) is 20.5. The Morgan fingerprint density at radius 2 is 2.03 bits per heavy atom. The molecule has 1 saturated heterocycles. The molecule has 8 nitrogen and oxygen atoms in total. The highest BCUT2D eigenvalue weighted by molar-refractivity contribution is 5.95. The monoisotopic (exact) mass is 472 g/mol. The van der Waals surface area contributed by atoms with Crippen molar-refractivity contribution in [2.24, 2.45) is 0 Å². The molecule has 3 aliphatic rings. The van der Waals surface area contributed by atoms with Crippen LogP contribution in [0.3, 0.4) is 0 Å². The fourth-order valence-corrected chi connectivity index (χ4v) is 5.61. The van der Waals surface area contributed by atoms with Gasteiger partial charge in [-0.15, -0.1) is 0 Å². The predicted octanol–water partition coefficient (Wildman–Crippen LogP) is 3.53. The molecule has 2 aromatic heterocycles. The van der Waals surface area contributed by atoms with E-state index >= 15 is 0 Å². The molecule has 1 N–H and O–H groups in total. The number of aryl methyl sites for hydroxylation is 2. The van der Waals surface area contributed by atoms with Crippen molar-refractivity contribution in [1.82, 2.24) is 30.0 Å². The Balaban J connectivity index is 1.30. The van der Waals surface area contributed by atoms with Crippen molar-refractivity contribution in [2.75, 3.05) is 26.7 Å². The fourth-order valence-electron chi connectivity index (χ4n) is 5.61. The summed E-state index contributed by atoms with van der Waals surface area (Å²) in [6.45, 7) is 5.01. The van der Waals surface area contributed by atoms with E-state index in [1.54, 1.807) is 18.0 Å². The van der Waals surface area contributed by atoms with E-state index in [2.05, 4.69) is 39.4 Å². The van der Waals surface area contributed by atoms with Crippen LogP contribution in [0.4, 0.5) is 0 Å². The van der Waals surface area contributed by atoms with E-state index in [4.69, 9.17) is 9.72 Å². The van der Waals surface area contributed by atoms with Crippen molar-refractivity contribution in [1.29, 1.82) is 0 Å². The Labute approximate surface area is 205 Å². The van der Waals surface area contributed by atoms with Gasteiger partial charge in [0.25, 0.3) is 11.9 Å². The molecule has 0 bridgehead atoms. The van der Waals surface area contributed by atoms with Crippen LogP contribution in [0, 0.1) is 0 Å². The molecule has 2 fully saturated rings. The molecule has 3 aromatic rings. The van der Waals surface area contributed by atoms with E-state index in [9.17, 15) is 4.79 Å². The summed E-state index contributed by atoms with van der Waals surface area (Å²) >= 11 is 0. The molecule has 1 amide bonds. The Morgan fingerprint density at radius 3 is 2.83 bits per heavy atom. The minimum Gasteiger partial charge on any atom is -0.497 e. The van der Waals surface area contributed by atoms with Gasteiger partial charge in [-0.05, 0) is 80.9 Å². The van der Waals surface area contributed by atoms with Crippen molar-refractivity contribution in [3.8, 4) is 23.0 Å². The van der Waals surface area contributed by atoms with E-state index in [1.165, 1.54) is 12.0 Å². The maximum atomic E-state index is 13.2.